The van der Waals surface area contributed by atoms with Crippen molar-refractivity contribution in [1.29, 1.82) is 0 Å². The van der Waals surface area contributed by atoms with Crippen molar-refractivity contribution in [2.45, 2.75) is 27.7 Å². The molecular formula is C36H40BN. The number of aryl methyl sites for hydroxylation is 4. The van der Waals surface area contributed by atoms with Crippen molar-refractivity contribution in [2.24, 2.45) is 0 Å². The highest BCUT2D eigenvalue weighted by molar-refractivity contribution is 7.19. The Balaban J connectivity index is 0.000000317. The lowest BCUT2D eigenvalue weighted by molar-refractivity contribution is -0.786. The lowest BCUT2D eigenvalue weighted by Crippen LogP contribution is -3.00. The molecule has 0 bridgehead atoms. The maximum Gasteiger partial charge on any atom is 0.130 e. The summed E-state index contributed by atoms with van der Waals surface area (Å²) in [6.45, 7) is 8.75. The summed E-state index contributed by atoms with van der Waals surface area (Å²) >= 11 is 0. The van der Waals surface area contributed by atoms with Crippen LogP contribution in [0.15, 0.2) is 127 Å². The maximum atomic E-state index is 2.37. The van der Waals surface area contributed by atoms with E-state index in [2.05, 4.69) is 163 Å². The minimum Gasteiger partial charge on any atom is -0.307 e. The van der Waals surface area contributed by atoms with Gasteiger partial charge in [-0.1, -0.05) is 138 Å². The van der Waals surface area contributed by atoms with E-state index in [0.717, 1.165) is 0 Å². The second-order valence-electron chi connectivity index (χ2n) is 10.9. The molecular weight excluding hydrogens is 457 g/mol. The fourth-order valence-corrected chi connectivity index (χ4v) is 5.68. The van der Waals surface area contributed by atoms with Crippen LogP contribution in [0.4, 0.5) is 5.69 Å². The highest BCUT2D eigenvalue weighted by atomic mass is 15.1. The SMILES string of the molecule is C[NH+](C)c1ccccc1.Cc1cccc([B-](c2cccc(C)c2)(c2cccc(C)c2)c2cccc(C)c2)c1. The molecule has 38 heavy (non-hydrogen) atoms. The quantitative estimate of drug-likeness (QED) is 0.334. The van der Waals surface area contributed by atoms with Gasteiger partial charge in [0.15, 0.2) is 0 Å². The number of rotatable bonds is 5. The molecule has 192 valence electrons. The van der Waals surface area contributed by atoms with E-state index in [1.807, 2.05) is 6.07 Å². The summed E-state index contributed by atoms with van der Waals surface area (Å²) in [6.07, 6.45) is -1.29. The van der Waals surface area contributed by atoms with Crippen LogP contribution in [0.5, 0.6) is 0 Å². The van der Waals surface area contributed by atoms with Gasteiger partial charge < -0.3 is 4.90 Å². The lowest BCUT2D eigenvalue weighted by Gasteiger charge is -2.45. The van der Waals surface area contributed by atoms with Crippen molar-refractivity contribution >= 4 is 33.7 Å². The third-order valence-electron chi connectivity index (χ3n) is 7.52. The van der Waals surface area contributed by atoms with E-state index >= 15 is 0 Å². The monoisotopic (exact) mass is 497 g/mol. The van der Waals surface area contributed by atoms with Crippen LogP contribution < -0.4 is 26.8 Å². The molecule has 0 aliphatic heterocycles. The Morgan fingerprint density at radius 2 is 0.711 bits per heavy atom. The fourth-order valence-electron chi connectivity index (χ4n) is 5.68. The van der Waals surface area contributed by atoms with Gasteiger partial charge in [-0.2, -0.15) is 21.9 Å². The Bertz CT molecular complexity index is 1300. The predicted molar refractivity (Wildman–Crippen MR) is 168 cm³/mol. The molecule has 0 unspecified atom stereocenters. The first-order valence-electron chi connectivity index (χ1n) is 13.6. The smallest absolute Gasteiger partial charge is 0.130 e. The molecule has 0 aromatic heterocycles. The summed E-state index contributed by atoms with van der Waals surface area (Å²) < 4.78 is 0. The largest absolute Gasteiger partial charge is 0.307 e. The van der Waals surface area contributed by atoms with E-state index in [1.165, 1.54) is 54.7 Å². The topological polar surface area (TPSA) is 4.44 Å². The van der Waals surface area contributed by atoms with Crippen molar-refractivity contribution in [3.8, 4) is 0 Å². The summed E-state index contributed by atoms with van der Waals surface area (Å²) in [5.41, 5.74) is 12.0. The van der Waals surface area contributed by atoms with Gasteiger partial charge in [0.05, 0.1) is 14.1 Å². The zero-order valence-electron chi connectivity index (χ0n) is 23.7. The number of hydrogen-bond acceptors (Lipinski definition) is 0. The van der Waals surface area contributed by atoms with Crippen LogP contribution in [0, 0.1) is 27.7 Å². The van der Waals surface area contributed by atoms with Gasteiger partial charge in [0.1, 0.15) is 11.8 Å². The number of hydrogen-bond donors (Lipinski definition) is 1. The van der Waals surface area contributed by atoms with Crippen molar-refractivity contribution in [1.82, 2.24) is 0 Å². The summed E-state index contributed by atoms with van der Waals surface area (Å²) in [5, 5.41) is 0. The van der Waals surface area contributed by atoms with Gasteiger partial charge >= 0.3 is 0 Å². The normalized spacial score (nSPS) is 11.1. The molecule has 0 radical (unpaired) electrons. The van der Waals surface area contributed by atoms with Crippen LogP contribution in [0.1, 0.15) is 22.3 Å². The van der Waals surface area contributed by atoms with E-state index in [1.54, 1.807) is 0 Å². The van der Waals surface area contributed by atoms with Gasteiger partial charge in [-0.3, -0.25) is 0 Å². The zero-order valence-corrected chi connectivity index (χ0v) is 23.7. The molecule has 1 N–H and O–H groups in total. The minimum absolute atomic E-state index is 1.29. The van der Waals surface area contributed by atoms with Crippen LogP contribution >= 0.6 is 0 Å². The zero-order chi connectivity index (χ0) is 27.1. The van der Waals surface area contributed by atoms with Gasteiger partial charge in [-0.05, 0) is 39.8 Å². The molecule has 5 rings (SSSR count). The van der Waals surface area contributed by atoms with E-state index in [0.29, 0.717) is 0 Å². The Hall–Kier alpha value is -3.88. The van der Waals surface area contributed by atoms with Crippen molar-refractivity contribution in [2.75, 3.05) is 14.1 Å². The number of para-hydroxylation sites is 1. The molecule has 0 aliphatic rings. The number of quaternary nitrogens is 1. The van der Waals surface area contributed by atoms with Gasteiger partial charge in [0.2, 0.25) is 0 Å². The van der Waals surface area contributed by atoms with Crippen LogP contribution in [0.25, 0.3) is 0 Å². The van der Waals surface area contributed by atoms with E-state index in [4.69, 9.17) is 0 Å². The maximum absolute atomic E-state index is 2.37. The molecule has 5 aromatic rings. The molecule has 1 nitrogen and oxygen atoms in total. The average Bonchev–Trinajstić information content (AvgIpc) is 2.90. The molecule has 0 saturated heterocycles. The first-order chi connectivity index (χ1) is 18.3. The third kappa shape index (κ3) is 5.98. The molecule has 5 aromatic carbocycles. The van der Waals surface area contributed by atoms with Gasteiger partial charge in [-0.15, -0.1) is 0 Å². The van der Waals surface area contributed by atoms with E-state index < -0.39 is 6.15 Å². The standard InChI is InChI=1S/C28H28B.C8H11N/c1-21-9-5-13-25(17-21)29(26-14-6-10-22(2)18-26,27-15-7-11-23(3)19-27)28-16-8-12-24(4)20-28;1-9(2)8-6-4-3-5-7-8/h5-20H,1-4H3;3-7H,1-2H3/q-1;/p+1. The average molecular weight is 498 g/mol. The Labute approximate surface area is 229 Å². The summed E-state index contributed by atoms with van der Waals surface area (Å²) in [7, 11) is 4.24. The minimum atomic E-state index is -1.29. The van der Waals surface area contributed by atoms with Crippen LogP contribution in [0.2, 0.25) is 0 Å². The molecule has 0 fully saturated rings. The van der Waals surface area contributed by atoms with Crippen LogP contribution in [-0.2, 0) is 0 Å². The second kappa shape index (κ2) is 12.1. The summed E-state index contributed by atoms with van der Waals surface area (Å²) in [5.74, 6) is 0. The van der Waals surface area contributed by atoms with Gasteiger partial charge in [-0.25, -0.2) is 0 Å². The van der Waals surface area contributed by atoms with Crippen molar-refractivity contribution in [3.05, 3.63) is 150 Å². The number of nitrogens with one attached hydrogen (secondary N) is 1. The highest BCUT2D eigenvalue weighted by Crippen LogP contribution is 2.13. The van der Waals surface area contributed by atoms with E-state index in [9.17, 15) is 0 Å². The summed E-state index contributed by atoms with van der Waals surface area (Å²) in [4.78, 5) is 1.37. The first-order valence-corrected chi connectivity index (χ1v) is 13.6. The second-order valence-corrected chi connectivity index (χ2v) is 10.9. The van der Waals surface area contributed by atoms with Crippen LogP contribution in [0.3, 0.4) is 0 Å². The van der Waals surface area contributed by atoms with Crippen LogP contribution in [-0.4, -0.2) is 20.2 Å². The van der Waals surface area contributed by atoms with E-state index in [-0.39, 0.29) is 0 Å². The highest BCUT2D eigenvalue weighted by Gasteiger charge is 2.32. The predicted octanol–water partition coefficient (Wildman–Crippen LogP) is 4.76. The molecule has 0 amide bonds. The summed E-state index contributed by atoms with van der Waals surface area (Å²) in [6, 6.07) is 46.6. The molecule has 0 saturated carbocycles. The van der Waals surface area contributed by atoms with Gasteiger partial charge in [0.25, 0.3) is 0 Å². The third-order valence-corrected chi connectivity index (χ3v) is 7.52. The van der Waals surface area contributed by atoms with Gasteiger partial charge in [0, 0.05) is 0 Å². The first kappa shape index (κ1) is 27.2. The lowest BCUT2D eigenvalue weighted by atomic mass is 9.13. The Morgan fingerprint density at radius 1 is 0.395 bits per heavy atom. The molecule has 2 heteroatoms. The van der Waals surface area contributed by atoms with Crippen molar-refractivity contribution < 1.29 is 4.90 Å². The molecule has 0 atom stereocenters. The number of benzene rings is 5. The van der Waals surface area contributed by atoms with Crippen molar-refractivity contribution in [3.63, 3.8) is 0 Å². The Kier molecular flexibility index (Phi) is 8.66. The molecule has 0 spiro atoms. The molecule has 0 heterocycles. The Morgan fingerprint density at radius 3 is 0.947 bits per heavy atom. The fraction of sp³-hybridized carbons (Fsp3) is 0.167. The molecule has 0 aliphatic carbocycles.